The van der Waals surface area contributed by atoms with Crippen molar-refractivity contribution in [2.24, 2.45) is 5.92 Å². The van der Waals surface area contributed by atoms with Crippen LogP contribution < -0.4 is 0 Å². The van der Waals surface area contributed by atoms with Gasteiger partial charge in [-0.15, -0.1) is 0 Å². The average molecular weight is 409 g/mol. The highest BCUT2D eigenvalue weighted by Gasteiger charge is 2.31. The minimum Gasteiger partial charge on any atom is -0.337 e. The molecule has 2 aromatic carbocycles. The van der Waals surface area contributed by atoms with Gasteiger partial charge in [0, 0.05) is 37.0 Å². The highest BCUT2D eigenvalue weighted by atomic mass is 16.2. The quantitative estimate of drug-likeness (QED) is 0.474. The first-order valence-corrected chi connectivity index (χ1v) is 11.0. The van der Waals surface area contributed by atoms with E-state index in [1.165, 1.54) is 16.5 Å². The molecule has 6 rings (SSSR count). The van der Waals surface area contributed by atoms with Gasteiger partial charge in [-0.3, -0.25) is 9.59 Å². The summed E-state index contributed by atoms with van der Waals surface area (Å²) in [6, 6.07) is 16.1. The molecule has 0 bridgehead atoms. The second-order valence-electron chi connectivity index (χ2n) is 8.66. The zero-order valence-corrected chi connectivity index (χ0v) is 17.3. The topological polar surface area (TPSA) is 54.7 Å². The van der Waals surface area contributed by atoms with Crippen molar-refractivity contribution in [1.82, 2.24) is 14.3 Å². The third kappa shape index (κ3) is 2.95. The maximum Gasteiger partial charge on any atom is 0.274 e. The predicted molar refractivity (Wildman–Crippen MR) is 120 cm³/mol. The Kier molecular flexibility index (Phi) is 4.16. The van der Waals surface area contributed by atoms with Crippen molar-refractivity contribution in [3.63, 3.8) is 0 Å². The van der Waals surface area contributed by atoms with Crippen molar-refractivity contribution in [2.45, 2.75) is 25.7 Å². The summed E-state index contributed by atoms with van der Waals surface area (Å²) in [6.45, 7) is 1.12. The summed E-state index contributed by atoms with van der Waals surface area (Å²) in [7, 11) is 0. The number of imidazole rings is 1. The van der Waals surface area contributed by atoms with Crippen LogP contribution in [0.3, 0.4) is 0 Å². The first kappa shape index (κ1) is 18.3. The number of rotatable bonds is 3. The van der Waals surface area contributed by atoms with E-state index in [4.69, 9.17) is 0 Å². The van der Waals surface area contributed by atoms with Gasteiger partial charge in [0.15, 0.2) is 5.78 Å². The molecule has 1 saturated heterocycles. The number of carbonyl (C=O) groups is 2. The minimum atomic E-state index is -0.173. The van der Waals surface area contributed by atoms with E-state index in [1.807, 2.05) is 34.9 Å². The van der Waals surface area contributed by atoms with Gasteiger partial charge in [-0.1, -0.05) is 36.4 Å². The van der Waals surface area contributed by atoms with E-state index in [-0.39, 0.29) is 17.6 Å². The fourth-order valence-electron chi connectivity index (χ4n) is 5.26. The van der Waals surface area contributed by atoms with E-state index in [0.717, 1.165) is 42.3 Å². The molecule has 154 valence electrons. The number of Topliss-reactive ketones (excluding diaryl/α,β-unsaturated/α-hetero) is 1. The highest BCUT2D eigenvalue weighted by molar-refractivity contribution is 6.11. The molecule has 0 radical (unpaired) electrons. The first-order valence-electron chi connectivity index (χ1n) is 11.0. The Balaban J connectivity index is 1.28. The fourth-order valence-corrected chi connectivity index (χ4v) is 5.26. The Morgan fingerprint density at radius 1 is 0.968 bits per heavy atom. The lowest BCUT2D eigenvalue weighted by Gasteiger charge is -2.31. The van der Waals surface area contributed by atoms with Crippen molar-refractivity contribution >= 4 is 28.1 Å². The van der Waals surface area contributed by atoms with Crippen LogP contribution in [0.25, 0.3) is 16.4 Å². The first-order chi connectivity index (χ1) is 15.2. The lowest BCUT2D eigenvalue weighted by Crippen LogP contribution is -2.42. The van der Waals surface area contributed by atoms with Crippen molar-refractivity contribution < 1.29 is 9.59 Å². The second kappa shape index (κ2) is 7.05. The van der Waals surface area contributed by atoms with Crippen LogP contribution in [-0.2, 0) is 12.8 Å². The summed E-state index contributed by atoms with van der Waals surface area (Å²) in [5.41, 5.74) is 4.67. The van der Waals surface area contributed by atoms with E-state index >= 15 is 0 Å². The molecule has 1 amide bonds. The summed E-state index contributed by atoms with van der Waals surface area (Å²) in [4.78, 5) is 32.9. The normalized spacial score (nSPS) is 18.1. The lowest BCUT2D eigenvalue weighted by atomic mass is 9.87. The standard InChI is InChI=1S/C26H23N3O2/c30-25(21-12-11-18-10-9-17-5-3-7-20(21)24(17)18)19-6-4-14-29(15-19)26(31)22-16-28-13-2-1-8-23(28)27-22/h1-3,5,7-8,11-13,16,19H,4,6,9-10,14-15H2/t19-/m0/s1. The van der Waals surface area contributed by atoms with Crippen molar-refractivity contribution in [3.05, 3.63) is 83.3 Å². The third-order valence-corrected chi connectivity index (χ3v) is 6.80. The summed E-state index contributed by atoms with van der Waals surface area (Å²) in [5, 5.41) is 2.34. The number of pyridine rings is 1. The van der Waals surface area contributed by atoms with Gasteiger partial charge in [-0.2, -0.15) is 0 Å². The van der Waals surface area contributed by atoms with E-state index < -0.39 is 0 Å². The van der Waals surface area contributed by atoms with Crippen LogP contribution in [0.4, 0.5) is 0 Å². The molecule has 0 N–H and O–H groups in total. The van der Waals surface area contributed by atoms with Crippen molar-refractivity contribution in [2.75, 3.05) is 13.1 Å². The zero-order chi connectivity index (χ0) is 20.9. The monoisotopic (exact) mass is 409 g/mol. The smallest absolute Gasteiger partial charge is 0.274 e. The van der Waals surface area contributed by atoms with Gasteiger partial charge in [-0.25, -0.2) is 4.98 Å². The SMILES string of the molecule is O=C(c1ccc2c3c(cccc13)CC2)[C@H]1CCCN(C(=O)c2cn3ccccc3n2)C1. The Hall–Kier alpha value is -3.47. The van der Waals surface area contributed by atoms with Gasteiger partial charge in [0.1, 0.15) is 11.3 Å². The molecule has 3 heterocycles. The van der Waals surface area contributed by atoms with E-state index in [9.17, 15) is 9.59 Å². The number of amides is 1. The largest absolute Gasteiger partial charge is 0.337 e. The Bertz CT molecular complexity index is 1310. The maximum absolute atomic E-state index is 13.5. The highest BCUT2D eigenvalue weighted by Crippen LogP contribution is 2.34. The molecule has 5 heteroatoms. The van der Waals surface area contributed by atoms with E-state index in [0.29, 0.717) is 18.8 Å². The molecule has 0 saturated carbocycles. The summed E-state index contributed by atoms with van der Waals surface area (Å²) in [5.74, 6) is -0.113. The van der Waals surface area contributed by atoms with Crippen molar-refractivity contribution in [1.29, 1.82) is 0 Å². The number of hydrogen-bond acceptors (Lipinski definition) is 3. The maximum atomic E-state index is 13.5. The third-order valence-electron chi connectivity index (χ3n) is 6.80. The van der Waals surface area contributed by atoms with Crippen LogP contribution in [0.2, 0.25) is 0 Å². The van der Waals surface area contributed by atoms with Crippen molar-refractivity contribution in [3.8, 4) is 0 Å². The van der Waals surface area contributed by atoms with Crippen LogP contribution >= 0.6 is 0 Å². The number of fused-ring (bicyclic) bond motifs is 1. The number of ketones is 1. The van der Waals surface area contributed by atoms with Gasteiger partial charge in [0.2, 0.25) is 0 Å². The number of aromatic nitrogens is 2. The zero-order valence-electron chi connectivity index (χ0n) is 17.3. The number of piperidine rings is 1. The minimum absolute atomic E-state index is 0.0957. The molecule has 5 nitrogen and oxygen atoms in total. The molecular weight excluding hydrogens is 386 g/mol. The summed E-state index contributed by atoms with van der Waals surface area (Å²) < 4.78 is 1.85. The molecule has 0 unspecified atom stereocenters. The van der Waals surface area contributed by atoms with Gasteiger partial charge in [0.05, 0.1) is 0 Å². The number of carbonyl (C=O) groups excluding carboxylic acids is 2. The molecule has 2 aliphatic rings. The Morgan fingerprint density at radius 2 is 1.84 bits per heavy atom. The molecule has 0 spiro atoms. The fraction of sp³-hybridized carbons (Fsp3) is 0.269. The Morgan fingerprint density at radius 3 is 2.71 bits per heavy atom. The predicted octanol–water partition coefficient (Wildman–Crippen LogP) is 4.32. The molecule has 4 aromatic rings. The molecule has 31 heavy (non-hydrogen) atoms. The second-order valence-corrected chi connectivity index (χ2v) is 8.66. The number of nitrogens with zero attached hydrogens (tertiary/aromatic N) is 3. The summed E-state index contributed by atoms with van der Waals surface area (Å²) in [6.07, 6.45) is 7.40. The van der Waals surface area contributed by atoms with Gasteiger partial charge in [-0.05, 0) is 59.7 Å². The number of hydrogen-bond donors (Lipinski definition) is 0. The molecule has 1 fully saturated rings. The molecule has 2 aromatic heterocycles. The molecule has 1 aliphatic carbocycles. The van der Waals surface area contributed by atoms with Crippen LogP contribution in [-0.4, -0.2) is 39.1 Å². The molecule has 1 aliphatic heterocycles. The van der Waals surface area contributed by atoms with Gasteiger partial charge < -0.3 is 9.30 Å². The van der Waals surface area contributed by atoms with Crippen LogP contribution in [0.5, 0.6) is 0 Å². The molecule has 1 atom stereocenters. The number of likely N-dealkylation sites (tertiary alicyclic amines) is 1. The number of benzene rings is 2. The average Bonchev–Trinajstić information content (AvgIpc) is 3.44. The number of aryl methyl sites for hydroxylation is 2. The van der Waals surface area contributed by atoms with Gasteiger partial charge >= 0.3 is 0 Å². The van der Waals surface area contributed by atoms with Gasteiger partial charge in [0.25, 0.3) is 5.91 Å². The molecular formula is C26H23N3O2. The van der Waals surface area contributed by atoms with Crippen LogP contribution in [0.1, 0.15) is 44.8 Å². The van der Waals surface area contributed by atoms with Crippen LogP contribution in [0.15, 0.2) is 60.9 Å². The van der Waals surface area contributed by atoms with Crippen LogP contribution in [0, 0.1) is 5.92 Å². The van der Waals surface area contributed by atoms with E-state index in [2.05, 4.69) is 29.2 Å². The van der Waals surface area contributed by atoms with E-state index in [1.54, 1.807) is 11.1 Å². The Labute approximate surface area is 180 Å². The lowest BCUT2D eigenvalue weighted by molar-refractivity contribution is 0.0633. The summed E-state index contributed by atoms with van der Waals surface area (Å²) >= 11 is 0.